The maximum absolute atomic E-state index is 12.8. The van der Waals surface area contributed by atoms with Crippen molar-refractivity contribution in [3.05, 3.63) is 81.5 Å². The zero-order valence-electron chi connectivity index (χ0n) is 18.5. The number of nitriles is 1. The molecule has 0 saturated carbocycles. The van der Waals surface area contributed by atoms with Crippen molar-refractivity contribution in [2.75, 3.05) is 18.9 Å². The first-order valence-electron chi connectivity index (χ1n) is 10.9. The van der Waals surface area contributed by atoms with Gasteiger partial charge in [0.1, 0.15) is 5.69 Å². The zero-order valence-corrected chi connectivity index (χ0v) is 19.3. The average molecular weight is 471 g/mol. The Morgan fingerprint density at radius 1 is 1.21 bits per heavy atom. The number of fused-ring (bicyclic) bond motifs is 2. The van der Waals surface area contributed by atoms with E-state index >= 15 is 0 Å². The summed E-state index contributed by atoms with van der Waals surface area (Å²) in [6.07, 6.45) is 0.892. The molecular weight excluding hydrogens is 448 g/mol. The molecule has 170 valence electrons. The lowest BCUT2D eigenvalue weighted by molar-refractivity contribution is 0.0946. The molecule has 3 heterocycles. The van der Waals surface area contributed by atoms with Crippen LogP contribution < -0.4 is 10.6 Å². The topological polar surface area (TPSA) is 114 Å². The fraction of sp³-hybridized carbons (Fsp3) is 0.200. The van der Waals surface area contributed by atoms with Gasteiger partial charge in [-0.05, 0) is 49.0 Å². The lowest BCUT2D eigenvalue weighted by atomic mass is 10.1. The average Bonchev–Trinajstić information content (AvgIpc) is 3.45. The SMILES string of the molecule is CN1CCc2nc(NC(=O)c3cccc(CNC(=O)c4cc5cc(C#N)ccc5[nH]4)c3)sc2C1. The van der Waals surface area contributed by atoms with Crippen LogP contribution in [0.4, 0.5) is 5.13 Å². The second kappa shape index (κ2) is 9.09. The van der Waals surface area contributed by atoms with Gasteiger partial charge in [0.15, 0.2) is 5.13 Å². The predicted molar refractivity (Wildman–Crippen MR) is 131 cm³/mol. The summed E-state index contributed by atoms with van der Waals surface area (Å²) < 4.78 is 0. The van der Waals surface area contributed by atoms with Gasteiger partial charge < -0.3 is 15.2 Å². The summed E-state index contributed by atoms with van der Waals surface area (Å²) in [4.78, 5) is 36.5. The molecule has 4 aromatic rings. The van der Waals surface area contributed by atoms with Crippen molar-refractivity contribution in [2.24, 2.45) is 0 Å². The van der Waals surface area contributed by atoms with E-state index in [1.165, 1.54) is 16.2 Å². The first-order chi connectivity index (χ1) is 16.5. The van der Waals surface area contributed by atoms with E-state index < -0.39 is 0 Å². The molecule has 0 radical (unpaired) electrons. The number of aromatic nitrogens is 2. The standard InChI is InChI=1S/C25H22N6O2S/c1-31-8-7-20-22(14-31)34-25(29-20)30-23(32)17-4-2-3-16(10-17)13-27-24(33)21-11-18-9-15(12-26)5-6-19(18)28-21/h2-6,9-11,28H,7-8,13-14H2,1H3,(H,27,33)(H,29,30,32). The number of likely N-dealkylation sites (N-methyl/N-ethyl adjacent to an activating group) is 1. The number of carbonyl (C=O) groups is 2. The first-order valence-corrected chi connectivity index (χ1v) is 11.7. The zero-order chi connectivity index (χ0) is 23.7. The molecule has 0 bridgehead atoms. The molecule has 0 aliphatic carbocycles. The molecular formula is C25H22N6O2S. The molecule has 9 heteroatoms. The summed E-state index contributed by atoms with van der Waals surface area (Å²) in [5, 5.41) is 16.2. The molecule has 8 nitrogen and oxygen atoms in total. The molecule has 1 aliphatic heterocycles. The highest BCUT2D eigenvalue weighted by Crippen LogP contribution is 2.28. The van der Waals surface area contributed by atoms with E-state index in [4.69, 9.17) is 5.26 Å². The number of rotatable bonds is 5. The molecule has 0 spiro atoms. The van der Waals surface area contributed by atoms with Crippen LogP contribution in [0.1, 0.15) is 42.5 Å². The quantitative estimate of drug-likeness (QED) is 0.412. The van der Waals surface area contributed by atoms with Crippen LogP contribution in [0.15, 0.2) is 48.5 Å². The number of H-pyrrole nitrogens is 1. The second-order valence-electron chi connectivity index (χ2n) is 8.31. The van der Waals surface area contributed by atoms with Crippen molar-refractivity contribution in [1.29, 1.82) is 5.26 Å². The number of carbonyl (C=O) groups excluding carboxylic acids is 2. The predicted octanol–water partition coefficient (Wildman–Crippen LogP) is 3.67. The summed E-state index contributed by atoms with van der Waals surface area (Å²) in [7, 11) is 2.08. The van der Waals surface area contributed by atoms with Crippen LogP contribution >= 0.6 is 11.3 Å². The summed E-state index contributed by atoms with van der Waals surface area (Å²) in [6, 6.07) is 16.2. The number of amides is 2. The molecule has 5 rings (SSSR count). The van der Waals surface area contributed by atoms with Gasteiger partial charge >= 0.3 is 0 Å². The summed E-state index contributed by atoms with van der Waals surface area (Å²) >= 11 is 1.52. The van der Waals surface area contributed by atoms with Crippen LogP contribution in [-0.4, -0.2) is 40.3 Å². The van der Waals surface area contributed by atoms with Crippen molar-refractivity contribution < 1.29 is 9.59 Å². The van der Waals surface area contributed by atoms with Gasteiger partial charge in [0.05, 0.1) is 17.3 Å². The van der Waals surface area contributed by atoms with E-state index in [1.54, 1.807) is 42.5 Å². The number of hydrogen-bond acceptors (Lipinski definition) is 6. The van der Waals surface area contributed by atoms with Crippen molar-refractivity contribution in [1.82, 2.24) is 20.2 Å². The van der Waals surface area contributed by atoms with E-state index in [1.807, 2.05) is 6.07 Å². The van der Waals surface area contributed by atoms with Gasteiger partial charge in [0, 0.05) is 47.4 Å². The number of hydrogen-bond donors (Lipinski definition) is 3. The highest BCUT2D eigenvalue weighted by Gasteiger charge is 2.19. The van der Waals surface area contributed by atoms with Crippen molar-refractivity contribution in [2.45, 2.75) is 19.5 Å². The smallest absolute Gasteiger partial charge is 0.267 e. The Morgan fingerprint density at radius 3 is 2.94 bits per heavy atom. The van der Waals surface area contributed by atoms with Gasteiger partial charge in [0.25, 0.3) is 11.8 Å². The summed E-state index contributed by atoms with van der Waals surface area (Å²) in [5.41, 5.74) is 4.13. The monoisotopic (exact) mass is 470 g/mol. The minimum Gasteiger partial charge on any atom is -0.351 e. The molecule has 2 aromatic carbocycles. The van der Waals surface area contributed by atoms with E-state index in [-0.39, 0.29) is 18.4 Å². The third-order valence-electron chi connectivity index (χ3n) is 5.78. The highest BCUT2D eigenvalue weighted by molar-refractivity contribution is 7.15. The number of nitrogens with zero attached hydrogens (tertiary/aromatic N) is 3. The van der Waals surface area contributed by atoms with Crippen molar-refractivity contribution >= 4 is 39.2 Å². The Balaban J connectivity index is 1.23. The van der Waals surface area contributed by atoms with E-state index in [9.17, 15) is 9.59 Å². The van der Waals surface area contributed by atoms with Crippen LogP contribution in [0.3, 0.4) is 0 Å². The fourth-order valence-corrected chi connectivity index (χ4v) is 5.05. The minimum atomic E-state index is -0.261. The summed E-state index contributed by atoms with van der Waals surface area (Å²) in [5.74, 6) is -0.487. The Kier molecular flexibility index (Phi) is 5.84. The first kappa shape index (κ1) is 21.8. The maximum atomic E-state index is 12.8. The molecule has 34 heavy (non-hydrogen) atoms. The number of aromatic amines is 1. The van der Waals surface area contributed by atoms with Crippen LogP contribution in [-0.2, 0) is 19.5 Å². The Labute approximate surface area is 200 Å². The van der Waals surface area contributed by atoms with E-state index in [0.29, 0.717) is 22.0 Å². The second-order valence-corrected chi connectivity index (χ2v) is 9.39. The minimum absolute atomic E-state index is 0.225. The molecule has 2 amide bonds. The van der Waals surface area contributed by atoms with E-state index in [0.717, 1.165) is 41.7 Å². The largest absolute Gasteiger partial charge is 0.351 e. The van der Waals surface area contributed by atoms with Gasteiger partial charge in [-0.3, -0.25) is 14.9 Å². The van der Waals surface area contributed by atoms with Crippen LogP contribution in [0, 0.1) is 11.3 Å². The molecule has 0 saturated heterocycles. The van der Waals surface area contributed by atoms with Gasteiger partial charge in [-0.1, -0.05) is 12.1 Å². The van der Waals surface area contributed by atoms with Crippen molar-refractivity contribution in [3.63, 3.8) is 0 Å². The lowest BCUT2D eigenvalue weighted by Crippen LogP contribution is -2.25. The van der Waals surface area contributed by atoms with Crippen LogP contribution in [0.2, 0.25) is 0 Å². The number of thiazole rings is 1. The van der Waals surface area contributed by atoms with Gasteiger partial charge in [-0.2, -0.15) is 5.26 Å². The normalized spacial score (nSPS) is 13.3. The Morgan fingerprint density at radius 2 is 2.09 bits per heavy atom. The van der Waals surface area contributed by atoms with Gasteiger partial charge in [-0.25, -0.2) is 4.98 Å². The highest BCUT2D eigenvalue weighted by atomic mass is 32.1. The van der Waals surface area contributed by atoms with Crippen molar-refractivity contribution in [3.8, 4) is 6.07 Å². The number of anilines is 1. The molecule has 2 aromatic heterocycles. The maximum Gasteiger partial charge on any atom is 0.267 e. The molecule has 0 fully saturated rings. The Hall–Kier alpha value is -4.00. The number of benzene rings is 2. The third kappa shape index (κ3) is 4.55. The molecule has 3 N–H and O–H groups in total. The molecule has 0 atom stereocenters. The summed E-state index contributed by atoms with van der Waals surface area (Å²) in [6.45, 7) is 2.10. The van der Waals surface area contributed by atoms with Gasteiger partial charge in [0.2, 0.25) is 0 Å². The van der Waals surface area contributed by atoms with E-state index in [2.05, 4.69) is 38.6 Å². The Bertz CT molecular complexity index is 1450. The van der Waals surface area contributed by atoms with Gasteiger partial charge in [-0.15, -0.1) is 11.3 Å². The van der Waals surface area contributed by atoms with Crippen LogP contribution in [0.25, 0.3) is 10.9 Å². The third-order valence-corrected chi connectivity index (χ3v) is 6.78. The van der Waals surface area contributed by atoms with Crippen LogP contribution in [0.5, 0.6) is 0 Å². The molecule has 0 unspecified atom stereocenters. The number of nitrogens with one attached hydrogen (secondary N) is 3. The lowest BCUT2D eigenvalue weighted by Gasteiger charge is -2.20. The molecule has 1 aliphatic rings. The fourth-order valence-electron chi connectivity index (χ4n) is 3.97.